The van der Waals surface area contributed by atoms with Gasteiger partial charge in [-0.1, -0.05) is 6.07 Å². The fourth-order valence-electron chi connectivity index (χ4n) is 2.44. The number of hydrogen-bond acceptors (Lipinski definition) is 6. The number of aliphatic carboxylic acids is 1. The number of anilines is 1. The van der Waals surface area contributed by atoms with Gasteiger partial charge in [0, 0.05) is 23.8 Å². The normalized spacial score (nSPS) is 13.1. The predicted molar refractivity (Wildman–Crippen MR) is 107 cm³/mol. The van der Waals surface area contributed by atoms with E-state index in [-0.39, 0.29) is 5.56 Å². The minimum absolute atomic E-state index is 0.176. The number of phenols is 1. The van der Waals surface area contributed by atoms with Crippen LogP contribution in [0.5, 0.6) is 5.75 Å². The molecular weight excluding hydrogens is 401 g/mol. The zero-order valence-corrected chi connectivity index (χ0v) is 16.5. The molecule has 0 fully saturated rings. The van der Waals surface area contributed by atoms with Crippen molar-refractivity contribution in [1.82, 2.24) is 0 Å². The van der Waals surface area contributed by atoms with Crippen molar-refractivity contribution in [2.75, 3.05) is 18.7 Å². The third kappa shape index (κ3) is 6.51. The quantitative estimate of drug-likeness (QED) is 0.433. The van der Waals surface area contributed by atoms with E-state index in [9.17, 15) is 19.1 Å². The summed E-state index contributed by atoms with van der Waals surface area (Å²) in [5.41, 5.74) is 0.661. The van der Waals surface area contributed by atoms with Gasteiger partial charge in [-0.2, -0.15) is 0 Å². The van der Waals surface area contributed by atoms with Crippen LogP contribution in [0.3, 0.4) is 0 Å². The summed E-state index contributed by atoms with van der Waals surface area (Å²) >= 11 is 1.55. The van der Waals surface area contributed by atoms with Crippen molar-refractivity contribution in [3.8, 4) is 5.75 Å². The maximum atomic E-state index is 13.8. The van der Waals surface area contributed by atoms with Crippen LogP contribution in [-0.4, -0.2) is 41.7 Å². The summed E-state index contributed by atoms with van der Waals surface area (Å²) in [7, 11) is 1.29. The number of carbonyl (C=O) groups is 2. The van der Waals surface area contributed by atoms with Crippen LogP contribution in [0.1, 0.15) is 11.7 Å². The van der Waals surface area contributed by atoms with E-state index >= 15 is 0 Å². The Morgan fingerprint density at radius 3 is 2.45 bits per heavy atom. The summed E-state index contributed by atoms with van der Waals surface area (Å²) in [6, 6.07) is 10.5. The van der Waals surface area contributed by atoms with Gasteiger partial charge in [0.25, 0.3) is 0 Å². The molecule has 0 aromatic heterocycles. The number of amides is 1. The minimum Gasteiger partial charge on any atom is -0.505 e. The van der Waals surface area contributed by atoms with Crippen LogP contribution in [0.4, 0.5) is 14.9 Å². The highest BCUT2D eigenvalue weighted by Crippen LogP contribution is 2.28. The number of halogens is 1. The van der Waals surface area contributed by atoms with E-state index in [2.05, 4.69) is 5.32 Å². The van der Waals surface area contributed by atoms with Crippen molar-refractivity contribution < 1.29 is 33.7 Å². The Labute approximate surface area is 171 Å². The second-order valence-corrected chi connectivity index (χ2v) is 6.67. The van der Waals surface area contributed by atoms with E-state index in [1.165, 1.54) is 19.3 Å². The number of nitrogens with one attached hydrogen (secondary N) is 1. The van der Waals surface area contributed by atoms with Crippen LogP contribution in [-0.2, 0) is 14.3 Å². The number of hydrogen-bond donors (Lipinski definition) is 3. The molecule has 0 aliphatic rings. The average molecular weight is 421 g/mol. The highest BCUT2D eigenvalue weighted by molar-refractivity contribution is 7.98. The maximum absolute atomic E-state index is 13.8. The molecular formula is C20H20FNO6S. The van der Waals surface area contributed by atoms with Gasteiger partial charge in [0.15, 0.2) is 17.7 Å². The van der Waals surface area contributed by atoms with Crippen LogP contribution in [0.2, 0.25) is 0 Å². The molecule has 7 nitrogen and oxygen atoms in total. The second kappa shape index (κ2) is 10.5. The SMILES string of the molecule is CO[C@H](/C=C/C(=O)O)[C@H](OC(=O)Nc1ccc(SC)cc1)c1ccc(O)c(F)c1. The first-order chi connectivity index (χ1) is 13.8. The number of benzene rings is 2. The Hall–Kier alpha value is -3.04. The molecule has 0 spiro atoms. The number of methoxy groups -OCH3 is 1. The number of ether oxygens (including phenoxy) is 2. The topological polar surface area (TPSA) is 105 Å². The van der Waals surface area contributed by atoms with Crippen LogP contribution < -0.4 is 5.32 Å². The molecule has 0 unspecified atom stereocenters. The molecule has 2 atom stereocenters. The Balaban J connectivity index is 2.26. The predicted octanol–water partition coefficient (Wildman–Crippen LogP) is 4.20. The molecule has 0 saturated carbocycles. The average Bonchev–Trinajstić information content (AvgIpc) is 2.70. The van der Waals surface area contributed by atoms with E-state index in [1.54, 1.807) is 23.9 Å². The standard InChI is InChI=1S/C20H20FNO6S/c1-27-17(9-10-18(24)25)19(12-3-8-16(23)15(21)11-12)28-20(26)22-13-4-6-14(29-2)7-5-13/h3-11,17,19,23H,1-2H3,(H,22,26)(H,24,25)/b10-9+/t17-,19-/m1/s1. The van der Waals surface area contributed by atoms with E-state index in [1.807, 2.05) is 18.4 Å². The van der Waals surface area contributed by atoms with Crippen molar-refractivity contribution in [3.63, 3.8) is 0 Å². The fourth-order valence-corrected chi connectivity index (χ4v) is 2.85. The van der Waals surface area contributed by atoms with Crippen molar-refractivity contribution in [2.24, 2.45) is 0 Å². The maximum Gasteiger partial charge on any atom is 0.412 e. The first-order valence-corrected chi connectivity index (χ1v) is 9.60. The Kier molecular flexibility index (Phi) is 8.05. The number of thioether (sulfide) groups is 1. The van der Waals surface area contributed by atoms with E-state index in [4.69, 9.17) is 14.6 Å². The summed E-state index contributed by atoms with van der Waals surface area (Å²) in [6.07, 6.45) is 0.911. The van der Waals surface area contributed by atoms with Crippen LogP contribution in [0, 0.1) is 5.82 Å². The largest absolute Gasteiger partial charge is 0.505 e. The lowest BCUT2D eigenvalue weighted by atomic mass is 10.0. The van der Waals surface area contributed by atoms with E-state index in [0.29, 0.717) is 5.69 Å². The lowest BCUT2D eigenvalue weighted by Gasteiger charge is -2.24. The van der Waals surface area contributed by atoms with Crippen LogP contribution in [0.25, 0.3) is 0 Å². The van der Waals surface area contributed by atoms with Gasteiger partial charge >= 0.3 is 12.1 Å². The van der Waals surface area contributed by atoms with Crippen molar-refractivity contribution in [2.45, 2.75) is 17.1 Å². The second-order valence-electron chi connectivity index (χ2n) is 5.79. The molecule has 9 heteroatoms. The van der Waals surface area contributed by atoms with Gasteiger partial charge < -0.3 is 19.7 Å². The molecule has 29 heavy (non-hydrogen) atoms. The molecule has 1 amide bonds. The smallest absolute Gasteiger partial charge is 0.412 e. The molecule has 0 bridgehead atoms. The number of carbonyl (C=O) groups excluding carboxylic acids is 1. The molecule has 2 aromatic carbocycles. The zero-order chi connectivity index (χ0) is 21.4. The third-order valence-corrected chi connectivity index (χ3v) is 4.61. The first-order valence-electron chi connectivity index (χ1n) is 8.38. The van der Waals surface area contributed by atoms with E-state index < -0.39 is 35.8 Å². The third-order valence-electron chi connectivity index (χ3n) is 3.87. The number of carboxylic acids is 1. The number of rotatable bonds is 8. The molecule has 0 saturated heterocycles. The number of carboxylic acid groups (broad SMARTS) is 1. The lowest BCUT2D eigenvalue weighted by Crippen LogP contribution is -2.27. The monoisotopic (exact) mass is 421 g/mol. The highest BCUT2D eigenvalue weighted by atomic mass is 32.2. The zero-order valence-electron chi connectivity index (χ0n) is 15.7. The van der Waals surface area contributed by atoms with Gasteiger partial charge in [-0.25, -0.2) is 14.0 Å². The Bertz CT molecular complexity index is 887. The summed E-state index contributed by atoms with van der Waals surface area (Å²) in [5.74, 6) is -2.71. The molecule has 2 aromatic rings. The summed E-state index contributed by atoms with van der Waals surface area (Å²) in [5, 5.41) is 20.8. The molecule has 0 aliphatic carbocycles. The van der Waals surface area contributed by atoms with Crippen LogP contribution >= 0.6 is 11.8 Å². The Morgan fingerprint density at radius 1 is 1.21 bits per heavy atom. The van der Waals surface area contributed by atoms with Crippen molar-refractivity contribution in [3.05, 3.63) is 66.0 Å². The minimum atomic E-state index is -1.22. The van der Waals surface area contributed by atoms with Crippen LogP contribution in [0.15, 0.2) is 59.5 Å². The summed E-state index contributed by atoms with van der Waals surface area (Å²) in [6.45, 7) is 0. The van der Waals surface area contributed by atoms with Gasteiger partial charge in [0.2, 0.25) is 0 Å². The molecule has 0 radical (unpaired) electrons. The van der Waals surface area contributed by atoms with Gasteiger partial charge in [-0.15, -0.1) is 11.8 Å². The van der Waals surface area contributed by atoms with Crippen molar-refractivity contribution >= 4 is 29.5 Å². The number of phenolic OH excluding ortho intramolecular Hbond substituents is 1. The molecule has 0 heterocycles. The van der Waals surface area contributed by atoms with Crippen molar-refractivity contribution in [1.29, 1.82) is 0 Å². The summed E-state index contributed by atoms with van der Waals surface area (Å²) in [4.78, 5) is 24.2. The number of aromatic hydroxyl groups is 1. The van der Waals surface area contributed by atoms with Gasteiger partial charge in [0.05, 0.1) is 0 Å². The first kappa shape index (κ1) is 22.3. The highest BCUT2D eigenvalue weighted by Gasteiger charge is 2.27. The van der Waals surface area contributed by atoms with E-state index in [0.717, 1.165) is 23.1 Å². The van der Waals surface area contributed by atoms with Gasteiger partial charge in [-0.05, 0) is 54.3 Å². The fraction of sp³-hybridized carbons (Fsp3) is 0.200. The molecule has 154 valence electrons. The summed E-state index contributed by atoms with van der Waals surface area (Å²) < 4.78 is 24.4. The molecule has 3 N–H and O–H groups in total. The van der Waals surface area contributed by atoms with Gasteiger partial charge in [-0.3, -0.25) is 5.32 Å². The molecule has 2 rings (SSSR count). The lowest BCUT2D eigenvalue weighted by molar-refractivity contribution is -0.131. The van der Waals surface area contributed by atoms with Gasteiger partial charge in [0.1, 0.15) is 6.10 Å². The molecule has 0 aliphatic heterocycles. The Morgan fingerprint density at radius 2 is 1.90 bits per heavy atom.